The van der Waals surface area contributed by atoms with Crippen LogP contribution in [0.4, 0.5) is 5.69 Å². The predicted octanol–water partition coefficient (Wildman–Crippen LogP) is 4.30. The Bertz CT molecular complexity index is 536. The monoisotopic (exact) mass is 254 g/mol. The summed E-state index contributed by atoms with van der Waals surface area (Å²) in [5, 5.41) is 3.43. The molecule has 0 amide bonds. The number of rotatable bonds is 3. The average Bonchev–Trinajstić information content (AvgIpc) is 2.36. The molecule has 0 spiro atoms. The van der Waals surface area contributed by atoms with Gasteiger partial charge in [0.05, 0.1) is 0 Å². The molecule has 2 nitrogen and oxygen atoms in total. The molecule has 0 bridgehead atoms. The third kappa shape index (κ3) is 3.82. The van der Waals surface area contributed by atoms with Crippen molar-refractivity contribution < 1.29 is 0 Å². The predicted molar refractivity (Wildman–Crippen MR) is 81.4 cm³/mol. The second-order valence-electron chi connectivity index (χ2n) is 6.05. The van der Waals surface area contributed by atoms with E-state index < -0.39 is 0 Å². The van der Waals surface area contributed by atoms with Crippen LogP contribution in [-0.4, -0.2) is 4.98 Å². The SMILES string of the molecule is Cc1cncc(CNc2ccc(C(C)(C)C)cc2)c1. The zero-order valence-corrected chi connectivity index (χ0v) is 12.2. The summed E-state index contributed by atoms with van der Waals surface area (Å²) in [7, 11) is 0. The van der Waals surface area contributed by atoms with E-state index in [4.69, 9.17) is 0 Å². The lowest BCUT2D eigenvalue weighted by Crippen LogP contribution is -2.10. The first-order valence-corrected chi connectivity index (χ1v) is 6.70. The molecular formula is C17H22N2. The summed E-state index contributed by atoms with van der Waals surface area (Å²) in [5.41, 5.74) is 5.12. The summed E-state index contributed by atoms with van der Waals surface area (Å²) in [6, 6.07) is 10.8. The fraction of sp³-hybridized carbons (Fsp3) is 0.353. The molecule has 100 valence electrons. The molecule has 0 saturated carbocycles. The van der Waals surface area contributed by atoms with E-state index in [0.717, 1.165) is 12.2 Å². The number of nitrogens with zero attached hydrogens (tertiary/aromatic N) is 1. The van der Waals surface area contributed by atoms with Gasteiger partial charge in [0, 0.05) is 24.6 Å². The summed E-state index contributed by atoms with van der Waals surface area (Å²) >= 11 is 0. The molecule has 0 atom stereocenters. The largest absolute Gasteiger partial charge is 0.381 e. The van der Waals surface area contributed by atoms with Gasteiger partial charge < -0.3 is 5.32 Å². The minimum absolute atomic E-state index is 0.207. The third-order valence-electron chi connectivity index (χ3n) is 3.18. The highest BCUT2D eigenvalue weighted by Gasteiger charge is 2.12. The summed E-state index contributed by atoms with van der Waals surface area (Å²) < 4.78 is 0. The van der Waals surface area contributed by atoms with Gasteiger partial charge in [0.15, 0.2) is 0 Å². The average molecular weight is 254 g/mol. The maximum atomic E-state index is 4.20. The van der Waals surface area contributed by atoms with E-state index in [1.165, 1.54) is 16.7 Å². The molecule has 1 aromatic heterocycles. The maximum Gasteiger partial charge on any atom is 0.0416 e. The molecule has 2 aromatic rings. The Labute approximate surface area is 115 Å². The standard InChI is InChI=1S/C17H22N2/c1-13-9-14(11-18-10-13)12-19-16-7-5-15(6-8-16)17(2,3)4/h5-11,19H,12H2,1-4H3. The lowest BCUT2D eigenvalue weighted by atomic mass is 9.87. The van der Waals surface area contributed by atoms with E-state index in [-0.39, 0.29) is 5.41 Å². The van der Waals surface area contributed by atoms with Crippen molar-refractivity contribution in [3.05, 3.63) is 59.4 Å². The quantitative estimate of drug-likeness (QED) is 0.883. The van der Waals surface area contributed by atoms with E-state index >= 15 is 0 Å². The molecule has 2 heteroatoms. The molecule has 19 heavy (non-hydrogen) atoms. The lowest BCUT2D eigenvalue weighted by Gasteiger charge is -2.19. The van der Waals surface area contributed by atoms with Crippen molar-refractivity contribution in [1.82, 2.24) is 4.98 Å². The Morgan fingerprint density at radius 1 is 1.05 bits per heavy atom. The van der Waals surface area contributed by atoms with E-state index in [1.54, 1.807) is 0 Å². The molecule has 0 aliphatic carbocycles. The minimum atomic E-state index is 0.207. The molecule has 1 heterocycles. The topological polar surface area (TPSA) is 24.9 Å². The number of nitrogens with one attached hydrogen (secondary N) is 1. The fourth-order valence-corrected chi connectivity index (χ4v) is 2.01. The van der Waals surface area contributed by atoms with E-state index in [1.807, 2.05) is 12.4 Å². The molecule has 0 saturated heterocycles. The molecule has 0 fully saturated rings. The van der Waals surface area contributed by atoms with Crippen LogP contribution in [0, 0.1) is 6.92 Å². The van der Waals surface area contributed by atoms with Crippen molar-refractivity contribution in [2.45, 2.75) is 39.7 Å². The molecule has 0 aliphatic rings. The summed E-state index contributed by atoms with van der Waals surface area (Å²) in [6.45, 7) is 9.56. The number of benzene rings is 1. The van der Waals surface area contributed by atoms with Crippen LogP contribution < -0.4 is 5.32 Å². The van der Waals surface area contributed by atoms with Gasteiger partial charge in [0.1, 0.15) is 0 Å². The Morgan fingerprint density at radius 3 is 2.32 bits per heavy atom. The first-order valence-electron chi connectivity index (χ1n) is 6.70. The van der Waals surface area contributed by atoms with E-state index in [0.29, 0.717) is 0 Å². The van der Waals surface area contributed by atoms with Gasteiger partial charge in [-0.1, -0.05) is 39.0 Å². The van der Waals surface area contributed by atoms with Crippen molar-refractivity contribution >= 4 is 5.69 Å². The molecule has 1 N–H and O–H groups in total. The van der Waals surface area contributed by atoms with Gasteiger partial charge in [-0.3, -0.25) is 4.98 Å². The van der Waals surface area contributed by atoms with Crippen molar-refractivity contribution in [1.29, 1.82) is 0 Å². The Kier molecular flexibility index (Phi) is 3.89. The van der Waals surface area contributed by atoms with Gasteiger partial charge in [-0.15, -0.1) is 0 Å². The summed E-state index contributed by atoms with van der Waals surface area (Å²) in [5.74, 6) is 0. The van der Waals surface area contributed by atoms with Gasteiger partial charge >= 0.3 is 0 Å². The van der Waals surface area contributed by atoms with Gasteiger partial charge in [-0.2, -0.15) is 0 Å². The van der Waals surface area contributed by atoms with Crippen molar-refractivity contribution in [3.63, 3.8) is 0 Å². The Balaban J connectivity index is 2.01. The van der Waals surface area contributed by atoms with Crippen LogP contribution in [0.25, 0.3) is 0 Å². The number of anilines is 1. The fourth-order valence-electron chi connectivity index (χ4n) is 2.01. The first-order chi connectivity index (χ1) is 8.95. The number of aromatic nitrogens is 1. The third-order valence-corrected chi connectivity index (χ3v) is 3.18. The highest BCUT2D eigenvalue weighted by atomic mass is 14.9. The zero-order valence-electron chi connectivity index (χ0n) is 12.2. The number of hydrogen-bond acceptors (Lipinski definition) is 2. The summed E-state index contributed by atoms with van der Waals surface area (Å²) in [6.07, 6.45) is 3.78. The second kappa shape index (κ2) is 5.43. The van der Waals surface area contributed by atoms with Crippen LogP contribution in [0.1, 0.15) is 37.5 Å². The number of hydrogen-bond donors (Lipinski definition) is 1. The van der Waals surface area contributed by atoms with Crippen LogP contribution in [0.2, 0.25) is 0 Å². The van der Waals surface area contributed by atoms with Crippen LogP contribution in [0.15, 0.2) is 42.7 Å². The number of pyridine rings is 1. The zero-order chi connectivity index (χ0) is 13.9. The molecule has 0 aliphatic heterocycles. The van der Waals surface area contributed by atoms with Crippen LogP contribution in [-0.2, 0) is 12.0 Å². The Hall–Kier alpha value is -1.83. The van der Waals surface area contributed by atoms with Crippen molar-refractivity contribution in [3.8, 4) is 0 Å². The second-order valence-corrected chi connectivity index (χ2v) is 6.05. The lowest BCUT2D eigenvalue weighted by molar-refractivity contribution is 0.590. The van der Waals surface area contributed by atoms with E-state index in [9.17, 15) is 0 Å². The number of aryl methyl sites for hydroxylation is 1. The molecule has 2 rings (SSSR count). The normalized spacial score (nSPS) is 11.4. The first kappa shape index (κ1) is 13.6. The molecule has 1 aromatic carbocycles. The molecular weight excluding hydrogens is 232 g/mol. The van der Waals surface area contributed by atoms with Crippen LogP contribution in [0.3, 0.4) is 0 Å². The molecule has 0 unspecified atom stereocenters. The van der Waals surface area contributed by atoms with Crippen molar-refractivity contribution in [2.24, 2.45) is 0 Å². The smallest absolute Gasteiger partial charge is 0.0416 e. The minimum Gasteiger partial charge on any atom is -0.381 e. The van der Waals surface area contributed by atoms with Crippen LogP contribution >= 0.6 is 0 Å². The van der Waals surface area contributed by atoms with Gasteiger partial charge in [0.25, 0.3) is 0 Å². The molecule has 0 radical (unpaired) electrons. The maximum absolute atomic E-state index is 4.20. The van der Waals surface area contributed by atoms with Crippen molar-refractivity contribution in [2.75, 3.05) is 5.32 Å². The van der Waals surface area contributed by atoms with Gasteiger partial charge in [-0.25, -0.2) is 0 Å². The van der Waals surface area contributed by atoms with Gasteiger partial charge in [0.2, 0.25) is 0 Å². The Morgan fingerprint density at radius 2 is 1.74 bits per heavy atom. The highest BCUT2D eigenvalue weighted by Crippen LogP contribution is 2.23. The van der Waals surface area contributed by atoms with Gasteiger partial charge in [-0.05, 0) is 41.2 Å². The summed E-state index contributed by atoms with van der Waals surface area (Å²) in [4.78, 5) is 4.20. The van der Waals surface area contributed by atoms with Crippen LogP contribution in [0.5, 0.6) is 0 Å². The highest BCUT2D eigenvalue weighted by molar-refractivity contribution is 5.46. The van der Waals surface area contributed by atoms with E-state index in [2.05, 4.69) is 68.3 Å².